The Kier molecular flexibility index (Phi) is 7.06. The molecule has 1 aliphatic heterocycles. The van der Waals surface area contributed by atoms with E-state index in [0.29, 0.717) is 22.0 Å². The highest BCUT2D eigenvalue weighted by Gasteiger charge is 2.33. The molecule has 0 bridgehead atoms. The molecular formula is C23H26ClN3O5. The molecule has 1 heterocycles. The first-order valence-electron chi connectivity index (χ1n) is 10.1. The number of nitrogens with zero attached hydrogens (tertiary/aromatic N) is 1. The maximum atomic E-state index is 13.3. The molecule has 0 radical (unpaired) electrons. The number of nitrogens with two attached hydrogens (primary N) is 1. The SMILES string of the molecule is CC(C)(C)OC(=O)NCc1cccc(N2C(=O)C(CC(N)=O)OCc3cc(Cl)ccc32)c1. The number of hydrogen-bond donors (Lipinski definition) is 2. The highest BCUT2D eigenvalue weighted by Crippen LogP contribution is 2.35. The van der Waals surface area contributed by atoms with Gasteiger partial charge < -0.3 is 20.5 Å². The van der Waals surface area contributed by atoms with Crippen molar-refractivity contribution >= 4 is 40.9 Å². The lowest BCUT2D eigenvalue weighted by Gasteiger charge is -2.25. The Bertz CT molecular complexity index is 1030. The highest BCUT2D eigenvalue weighted by molar-refractivity contribution is 6.30. The van der Waals surface area contributed by atoms with Crippen molar-refractivity contribution in [2.75, 3.05) is 4.90 Å². The molecule has 9 heteroatoms. The summed E-state index contributed by atoms with van der Waals surface area (Å²) in [5.41, 5.74) is 7.34. The van der Waals surface area contributed by atoms with Crippen LogP contribution in [-0.2, 0) is 32.2 Å². The molecular weight excluding hydrogens is 434 g/mol. The Morgan fingerprint density at radius 1 is 1.25 bits per heavy atom. The van der Waals surface area contributed by atoms with Crippen LogP contribution in [-0.4, -0.2) is 29.6 Å². The summed E-state index contributed by atoms with van der Waals surface area (Å²) in [5, 5.41) is 3.21. The minimum Gasteiger partial charge on any atom is -0.444 e. The molecule has 3 N–H and O–H groups in total. The Balaban J connectivity index is 1.91. The number of anilines is 2. The van der Waals surface area contributed by atoms with E-state index >= 15 is 0 Å². The van der Waals surface area contributed by atoms with Gasteiger partial charge in [0.15, 0.2) is 0 Å². The highest BCUT2D eigenvalue weighted by atomic mass is 35.5. The third-order valence-electron chi connectivity index (χ3n) is 4.61. The second kappa shape index (κ2) is 9.58. The number of hydrogen-bond acceptors (Lipinski definition) is 5. The summed E-state index contributed by atoms with van der Waals surface area (Å²) in [6, 6.07) is 12.3. The summed E-state index contributed by atoms with van der Waals surface area (Å²) in [6.45, 7) is 5.67. The van der Waals surface area contributed by atoms with Gasteiger partial charge in [0.1, 0.15) is 11.7 Å². The number of ether oxygens (including phenoxy) is 2. The van der Waals surface area contributed by atoms with E-state index in [-0.39, 0.29) is 19.6 Å². The van der Waals surface area contributed by atoms with Crippen molar-refractivity contribution in [3.63, 3.8) is 0 Å². The Labute approximate surface area is 191 Å². The van der Waals surface area contributed by atoms with E-state index in [9.17, 15) is 14.4 Å². The summed E-state index contributed by atoms with van der Waals surface area (Å²) < 4.78 is 11.0. The number of benzene rings is 2. The topological polar surface area (TPSA) is 111 Å². The maximum Gasteiger partial charge on any atom is 0.407 e. The van der Waals surface area contributed by atoms with Crippen molar-refractivity contribution in [3.8, 4) is 0 Å². The first kappa shape index (κ1) is 23.6. The minimum atomic E-state index is -1.03. The van der Waals surface area contributed by atoms with Crippen LogP contribution in [0.2, 0.25) is 5.02 Å². The monoisotopic (exact) mass is 459 g/mol. The quantitative estimate of drug-likeness (QED) is 0.706. The summed E-state index contributed by atoms with van der Waals surface area (Å²) in [6.07, 6.45) is -1.80. The van der Waals surface area contributed by atoms with E-state index in [1.54, 1.807) is 57.2 Å². The number of alkyl carbamates (subject to hydrolysis) is 1. The molecule has 0 spiro atoms. The van der Waals surface area contributed by atoms with Gasteiger partial charge in [0, 0.05) is 22.8 Å². The van der Waals surface area contributed by atoms with Gasteiger partial charge in [-0.3, -0.25) is 14.5 Å². The molecule has 2 aromatic carbocycles. The van der Waals surface area contributed by atoms with Crippen molar-refractivity contribution in [2.24, 2.45) is 5.73 Å². The van der Waals surface area contributed by atoms with E-state index < -0.39 is 29.6 Å². The van der Waals surface area contributed by atoms with Gasteiger partial charge in [0.25, 0.3) is 5.91 Å². The third kappa shape index (κ3) is 5.99. The minimum absolute atomic E-state index is 0.107. The van der Waals surface area contributed by atoms with Gasteiger partial charge in [-0.2, -0.15) is 0 Å². The van der Waals surface area contributed by atoms with Gasteiger partial charge in [0.05, 0.1) is 18.7 Å². The fourth-order valence-corrected chi connectivity index (χ4v) is 3.50. The van der Waals surface area contributed by atoms with Crippen LogP contribution in [0.4, 0.5) is 16.2 Å². The largest absolute Gasteiger partial charge is 0.444 e. The van der Waals surface area contributed by atoms with Gasteiger partial charge in [-0.15, -0.1) is 0 Å². The Morgan fingerprint density at radius 2 is 2.00 bits per heavy atom. The average molecular weight is 460 g/mol. The maximum absolute atomic E-state index is 13.3. The van der Waals surface area contributed by atoms with E-state index in [2.05, 4.69) is 5.32 Å². The number of amides is 3. The van der Waals surface area contributed by atoms with Crippen molar-refractivity contribution in [1.82, 2.24) is 5.32 Å². The molecule has 0 aromatic heterocycles. The fraction of sp³-hybridized carbons (Fsp3) is 0.348. The average Bonchev–Trinajstić information content (AvgIpc) is 2.82. The zero-order chi connectivity index (χ0) is 23.5. The predicted octanol–water partition coefficient (Wildman–Crippen LogP) is 3.80. The van der Waals surface area contributed by atoms with Gasteiger partial charge in [-0.25, -0.2) is 4.79 Å². The summed E-state index contributed by atoms with van der Waals surface area (Å²) in [4.78, 5) is 38.3. The first-order valence-corrected chi connectivity index (χ1v) is 10.5. The van der Waals surface area contributed by atoms with Crippen LogP contribution in [0.15, 0.2) is 42.5 Å². The van der Waals surface area contributed by atoms with Crippen LogP contribution in [0, 0.1) is 0 Å². The van der Waals surface area contributed by atoms with E-state index in [1.165, 1.54) is 4.90 Å². The zero-order valence-electron chi connectivity index (χ0n) is 18.2. The molecule has 0 saturated heterocycles. The van der Waals surface area contributed by atoms with Crippen LogP contribution in [0.5, 0.6) is 0 Å². The molecule has 2 aromatic rings. The van der Waals surface area contributed by atoms with Crippen LogP contribution >= 0.6 is 11.6 Å². The number of halogens is 1. The smallest absolute Gasteiger partial charge is 0.407 e. The zero-order valence-corrected chi connectivity index (χ0v) is 18.9. The molecule has 1 unspecified atom stereocenters. The molecule has 8 nitrogen and oxygen atoms in total. The normalized spacial score (nSPS) is 16.2. The standard InChI is InChI=1S/C23H26ClN3O5/c1-23(2,3)32-22(30)26-12-14-5-4-6-17(9-14)27-18-8-7-16(24)10-15(18)13-31-19(21(27)29)11-20(25)28/h4-10,19H,11-13H2,1-3H3,(H2,25,28)(H,26,30). The number of carbonyl (C=O) groups is 3. The van der Waals surface area contributed by atoms with E-state index in [4.69, 9.17) is 26.8 Å². The number of nitrogens with one attached hydrogen (secondary N) is 1. The molecule has 3 amide bonds. The van der Waals surface area contributed by atoms with Gasteiger partial charge in [-0.1, -0.05) is 23.7 Å². The van der Waals surface area contributed by atoms with Gasteiger partial charge >= 0.3 is 6.09 Å². The number of carbonyl (C=O) groups excluding carboxylic acids is 3. The molecule has 170 valence electrons. The lowest BCUT2D eigenvalue weighted by Crippen LogP contribution is -2.38. The van der Waals surface area contributed by atoms with E-state index in [1.807, 2.05) is 6.07 Å². The summed E-state index contributed by atoms with van der Waals surface area (Å²) in [5.74, 6) is -1.05. The molecule has 0 fully saturated rings. The van der Waals surface area contributed by atoms with Crippen LogP contribution in [0.25, 0.3) is 0 Å². The molecule has 3 rings (SSSR count). The van der Waals surface area contributed by atoms with Gasteiger partial charge in [-0.05, 0) is 56.7 Å². The van der Waals surface area contributed by atoms with Crippen molar-refractivity contribution < 1.29 is 23.9 Å². The van der Waals surface area contributed by atoms with Crippen LogP contribution < -0.4 is 16.0 Å². The molecule has 0 saturated carbocycles. The molecule has 1 atom stereocenters. The van der Waals surface area contributed by atoms with Crippen molar-refractivity contribution in [1.29, 1.82) is 0 Å². The van der Waals surface area contributed by atoms with Gasteiger partial charge in [0.2, 0.25) is 5.91 Å². The second-order valence-electron chi connectivity index (χ2n) is 8.44. The second-order valence-corrected chi connectivity index (χ2v) is 8.88. The lowest BCUT2D eigenvalue weighted by atomic mass is 10.1. The molecule has 0 aliphatic carbocycles. The number of primary amides is 1. The molecule has 32 heavy (non-hydrogen) atoms. The van der Waals surface area contributed by atoms with Crippen LogP contribution in [0.3, 0.4) is 0 Å². The predicted molar refractivity (Wildman–Crippen MR) is 121 cm³/mol. The number of rotatable bonds is 5. The Hall–Kier alpha value is -3.10. The first-order chi connectivity index (χ1) is 15.0. The molecule has 1 aliphatic rings. The van der Waals surface area contributed by atoms with Crippen LogP contribution in [0.1, 0.15) is 38.3 Å². The summed E-state index contributed by atoms with van der Waals surface area (Å²) >= 11 is 6.14. The van der Waals surface area contributed by atoms with E-state index in [0.717, 1.165) is 5.56 Å². The van der Waals surface area contributed by atoms with Crippen molar-refractivity contribution in [2.45, 2.75) is 52.0 Å². The number of fused-ring (bicyclic) bond motifs is 1. The lowest BCUT2D eigenvalue weighted by molar-refractivity contribution is -0.134. The third-order valence-corrected chi connectivity index (χ3v) is 4.84. The van der Waals surface area contributed by atoms with Crippen molar-refractivity contribution in [3.05, 3.63) is 58.6 Å². The fourth-order valence-electron chi connectivity index (χ4n) is 3.30. The summed E-state index contributed by atoms with van der Waals surface area (Å²) in [7, 11) is 0. The Morgan fingerprint density at radius 3 is 2.69 bits per heavy atom.